The minimum absolute atomic E-state index is 0.170. The summed E-state index contributed by atoms with van der Waals surface area (Å²) >= 11 is 0. The topological polar surface area (TPSA) is 35.2 Å². The van der Waals surface area contributed by atoms with Gasteiger partial charge in [0, 0.05) is 0 Å². The molecule has 2 N–H and O–H groups in total. The molecule has 2 nitrogen and oxygen atoms in total. The van der Waals surface area contributed by atoms with E-state index in [4.69, 9.17) is 10.2 Å². The quantitative estimate of drug-likeness (QED) is 0.718. The van der Waals surface area contributed by atoms with Crippen LogP contribution in [0, 0.1) is 0 Å². The third-order valence-electron chi connectivity index (χ3n) is 2.66. The van der Waals surface area contributed by atoms with Crippen molar-refractivity contribution < 1.29 is 8.82 Å². The number of nitrogens with two attached hydrogens (primary N) is 1. The normalized spacial score (nSPS) is 15.9. The van der Waals surface area contributed by atoms with Crippen LogP contribution in [0.25, 0.3) is 0 Å². The molecule has 1 unspecified atom stereocenters. The maximum Gasteiger partial charge on any atom is 0.192 e. The van der Waals surface area contributed by atoms with E-state index in [0.717, 1.165) is 0 Å². The van der Waals surface area contributed by atoms with Gasteiger partial charge in [0.2, 0.25) is 0 Å². The fourth-order valence-corrected chi connectivity index (χ4v) is 1.64. The molecule has 0 aromatic rings. The van der Waals surface area contributed by atoms with Crippen LogP contribution in [0.1, 0.15) is 20.8 Å². The van der Waals surface area contributed by atoms with Crippen molar-refractivity contribution in [3.8, 4) is 0 Å². The number of rotatable bonds is 4. The lowest BCUT2D eigenvalue weighted by Crippen LogP contribution is -2.44. The summed E-state index contributed by atoms with van der Waals surface area (Å²) in [5, 5.41) is 0.170. The van der Waals surface area contributed by atoms with Gasteiger partial charge in [-0.15, -0.1) is 0 Å². The number of alkyl halides is 1. The lowest BCUT2D eigenvalue weighted by atomic mass is 10.2. The summed E-state index contributed by atoms with van der Waals surface area (Å²) in [4.78, 5) is 0. The van der Waals surface area contributed by atoms with Gasteiger partial charge in [-0.05, 0) is 18.1 Å². The Kier molecular flexibility index (Phi) is 4.55. The van der Waals surface area contributed by atoms with Crippen LogP contribution in [0.3, 0.4) is 0 Å². The highest BCUT2D eigenvalue weighted by atomic mass is 28.4. The van der Waals surface area contributed by atoms with Crippen molar-refractivity contribution in [3.05, 3.63) is 0 Å². The zero-order chi connectivity index (χ0) is 10.7. The van der Waals surface area contributed by atoms with Crippen LogP contribution in [0.15, 0.2) is 0 Å². The molecule has 1 atom stereocenters. The van der Waals surface area contributed by atoms with Crippen LogP contribution in [-0.4, -0.2) is 27.6 Å². The number of hydrogen-bond acceptors (Lipinski definition) is 2. The second kappa shape index (κ2) is 4.53. The smallest absolute Gasteiger partial charge is 0.192 e. The van der Waals surface area contributed by atoms with Crippen molar-refractivity contribution >= 4 is 8.32 Å². The van der Waals surface area contributed by atoms with Gasteiger partial charge in [-0.25, -0.2) is 4.39 Å². The first-order chi connectivity index (χ1) is 5.70. The lowest BCUT2D eigenvalue weighted by molar-refractivity contribution is 0.241. The minimum Gasteiger partial charge on any atom is -0.415 e. The molecule has 0 heterocycles. The molecule has 0 aliphatic rings. The fourth-order valence-electron chi connectivity index (χ4n) is 0.576. The molecule has 0 aliphatic heterocycles. The fraction of sp³-hybridized carbons (Fsp3) is 1.00. The SMILES string of the molecule is CC(C)(C)[Si](C)(C)OCC(N)CF. The zero-order valence-corrected chi connectivity index (χ0v) is 10.4. The minimum atomic E-state index is -1.73. The Morgan fingerprint density at radius 3 is 2.15 bits per heavy atom. The van der Waals surface area contributed by atoms with Crippen LogP contribution in [0.4, 0.5) is 4.39 Å². The van der Waals surface area contributed by atoms with E-state index < -0.39 is 21.0 Å². The first-order valence-electron chi connectivity index (χ1n) is 4.66. The molecular weight excluding hydrogens is 185 g/mol. The Morgan fingerprint density at radius 2 is 1.85 bits per heavy atom. The zero-order valence-electron chi connectivity index (χ0n) is 9.36. The van der Waals surface area contributed by atoms with Gasteiger partial charge in [-0.2, -0.15) is 0 Å². The number of halogens is 1. The Balaban J connectivity index is 4.04. The lowest BCUT2D eigenvalue weighted by Gasteiger charge is -2.36. The Bertz CT molecular complexity index is 156. The molecule has 0 aromatic carbocycles. The summed E-state index contributed by atoms with van der Waals surface area (Å²) < 4.78 is 17.8. The van der Waals surface area contributed by atoms with E-state index >= 15 is 0 Å². The first-order valence-corrected chi connectivity index (χ1v) is 7.57. The third-order valence-corrected chi connectivity index (χ3v) is 7.16. The van der Waals surface area contributed by atoms with E-state index in [-0.39, 0.29) is 5.04 Å². The van der Waals surface area contributed by atoms with Crippen molar-refractivity contribution in [2.24, 2.45) is 5.73 Å². The summed E-state index contributed by atoms with van der Waals surface area (Å²) in [5.41, 5.74) is 5.45. The van der Waals surface area contributed by atoms with Crippen molar-refractivity contribution in [2.75, 3.05) is 13.3 Å². The van der Waals surface area contributed by atoms with Crippen molar-refractivity contribution in [2.45, 2.75) is 44.9 Å². The molecule has 0 rings (SSSR count). The van der Waals surface area contributed by atoms with Crippen molar-refractivity contribution in [1.29, 1.82) is 0 Å². The van der Waals surface area contributed by atoms with Gasteiger partial charge in [0.1, 0.15) is 6.67 Å². The molecule has 0 fully saturated rings. The molecule has 0 aromatic heterocycles. The van der Waals surface area contributed by atoms with Crippen LogP contribution >= 0.6 is 0 Å². The summed E-state index contributed by atoms with van der Waals surface area (Å²) in [5.74, 6) is 0. The molecule has 0 saturated carbocycles. The average molecular weight is 207 g/mol. The van der Waals surface area contributed by atoms with E-state index in [2.05, 4.69) is 33.9 Å². The molecule has 0 bridgehead atoms. The van der Waals surface area contributed by atoms with Gasteiger partial charge in [0.05, 0.1) is 12.6 Å². The van der Waals surface area contributed by atoms with Gasteiger partial charge in [-0.1, -0.05) is 20.8 Å². The summed E-state index contributed by atoms with van der Waals surface area (Å²) in [6.45, 7) is 10.6. The molecule has 0 saturated heterocycles. The third kappa shape index (κ3) is 4.20. The molecule has 4 heteroatoms. The van der Waals surface area contributed by atoms with E-state index in [1.54, 1.807) is 0 Å². The van der Waals surface area contributed by atoms with E-state index in [1.165, 1.54) is 0 Å². The molecular formula is C9H22FNOSi. The predicted molar refractivity (Wildman–Crippen MR) is 57.1 cm³/mol. The standard InChI is InChI=1S/C9H22FNOSi/c1-9(2,3)13(4,5)12-7-8(11)6-10/h8H,6-7,11H2,1-5H3. The Hall–Kier alpha value is 0.0669. The Morgan fingerprint density at radius 1 is 1.38 bits per heavy atom. The monoisotopic (exact) mass is 207 g/mol. The maximum absolute atomic E-state index is 12.1. The van der Waals surface area contributed by atoms with E-state index in [1.807, 2.05) is 0 Å². The Labute approximate surface area is 81.8 Å². The average Bonchev–Trinajstić information content (AvgIpc) is 1.98. The highest BCUT2D eigenvalue weighted by Gasteiger charge is 2.37. The summed E-state index contributed by atoms with van der Waals surface area (Å²) in [7, 11) is -1.73. The second-order valence-electron chi connectivity index (χ2n) is 4.99. The van der Waals surface area contributed by atoms with Gasteiger partial charge < -0.3 is 10.2 Å². The first kappa shape index (κ1) is 13.1. The molecule has 0 amide bonds. The molecule has 0 radical (unpaired) electrons. The maximum atomic E-state index is 12.1. The van der Waals surface area contributed by atoms with Gasteiger partial charge in [0.25, 0.3) is 0 Å². The summed E-state index contributed by atoms with van der Waals surface area (Å²) in [6, 6.07) is -0.464. The molecule has 0 spiro atoms. The molecule has 80 valence electrons. The van der Waals surface area contributed by atoms with Crippen LogP contribution < -0.4 is 5.73 Å². The van der Waals surface area contributed by atoms with Gasteiger partial charge >= 0.3 is 0 Å². The second-order valence-corrected chi connectivity index (χ2v) is 9.79. The van der Waals surface area contributed by atoms with Crippen molar-refractivity contribution in [1.82, 2.24) is 0 Å². The van der Waals surface area contributed by atoms with Crippen LogP contribution in [-0.2, 0) is 4.43 Å². The summed E-state index contributed by atoms with van der Waals surface area (Å²) in [6.07, 6.45) is 0. The van der Waals surface area contributed by atoms with Crippen molar-refractivity contribution in [3.63, 3.8) is 0 Å². The van der Waals surface area contributed by atoms with Crippen LogP contribution in [0.5, 0.6) is 0 Å². The van der Waals surface area contributed by atoms with E-state index in [9.17, 15) is 4.39 Å². The number of hydrogen-bond donors (Lipinski definition) is 1. The van der Waals surface area contributed by atoms with Crippen LogP contribution in [0.2, 0.25) is 18.1 Å². The van der Waals surface area contributed by atoms with E-state index in [0.29, 0.717) is 6.61 Å². The molecule has 0 aliphatic carbocycles. The highest BCUT2D eigenvalue weighted by Crippen LogP contribution is 2.36. The molecule has 13 heavy (non-hydrogen) atoms. The highest BCUT2D eigenvalue weighted by molar-refractivity contribution is 6.74. The predicted octanol–water partition coefficient (Wildman–Crippen LogP) is 2.31. The largest absolute Gasteiger partial charge is 0.415 e. The van der Waals surface area contributed by atoms with Gasteiger partial charge in [-0.3, -0.25) is 0 Å². The van der Waals surface area contributed by atoms with Gasteiger partial charge in [0.15, 0.2) is 8.32 Å².